The first-order valence-electron chi connectivity index (χ1n) is 5.16. The van der Waals surface area contributed by atoms with Crippen molar-refractivity contribution < 1.29 is 4.39 Å². The summed E-state index contributed by atoms with van der Waals surface area (Å²) in [6, 6.07) is 4.62. The summed E-state index contributed by atoms with van der Waals surface area (Å²) in [5, 5.41) is 0. The molecule has 2 heterocycles. The number of aryl methyl sites for hydroxylation is 1. The first kappa shape index (κ1) is 9.89. The Bertz CT molecular complexity index is 657. The van der Waals surface area contributed by atoms with Gasteiger partial charge in [0.05, 0.1) is 6.20 Å². The van der Waals surface area contributed by atoms with Gasteiger partial charge in [-0.3, -0.25) is 0 Å². The van der Waals surface area contributed by atoms with E-state index in [1.54, 1.807) is 12.3 Å². The number of imidazole rings is 1. The van der Waals surface area contributed by atoms with Crippen LogP contribution >= 0.6 is 0 Å². The quantitative estimate of drug-likeness (QED) is 0.696. The molecule has 2 aromatic heterocycles. The third kappa shape index (κ3) is 1.65. The summed E-state index contributed by atoms with van der Waals surface area (Å²) in [5.41, 5.74) is 3.02. The Labute approximate surface area is 96.6 Å². The monoisotopic (exact) mass is 228 g/mol. The highest BCUT2D eigenvalue weighted by Crippen LogP contribution is 2.23. The predicted molar refractivity (Wildman–Crippen MR) is 61.8 cm³/mol. The third-order valence-corrected chi connectivity index (χ3v) is 2.62. The molecule has 5 heteroatoms. The number of halogens is 1. The molecule has 0 spiro atoms. The SMILES string of the molecule is Cc1ccc(F)cc1-c1nc2ncncc2[nH]1. The minimum absolute atomic E-state index is 0.280. The van der Waals surface area contributed by atoms with E-state index in [0.717, 1.165) is 16.6 Å². The first-order valence-corrected chi connectivity index (χ1v) is 5.16. The summed E-state index contributed by atoms with van der Waals surface area (Å²) in [5.74, 6) is 0.328. The smallest absolute Gasteiger partial charge is 0.181 e. The molecule has 0 aliphatic carbocycles. The second-order valence-corrected chi connectivity index (χ2v) is 3.80. The zero-order valence-electron chi connectivity index (χ0n) is 9.11. The van der Waals surface area contributed by atoms with Gasteiger partial charge in [-0.25, -0.2) is 19.3 Å². The standard InChI is InChI=1S/C12H9FN4/c1-7-2-3-8(13)4-9(7)11-16-10-5-14-6-15-12(10)17-11/h2-6H,1H3,(H,14,15,16,17). The van der Waals surface area contributed by atoms with Crippen molar-refractivity contribution in [3.05, 3.63) is 42.1 Å². The first-order chi connectivity index (χ1) is 8.24. The lowest BCUT2D eigenvalue weighted by Crippen LogP contribution is -1.87. The fourth-order valence-electron chi connectivity index (χ4n) is 1.74. The van der Waals surface area contributed by atoms with Gasteiger partial charge < -0.3 is 4.98 Å². The summed E-state index contributed by atoms with van der Waals surface area (Å²) >= 11 is 0. The fraction of sp³-hybridized carbons (Fsp3) is 0.0833. The normalized spacial score (nSPS) is 10.9. The molecule has 0 bridgehead atoms. The van der Waals surface area contributed by atoms with Crippen LogP contribution in [0.4, 0.5) is 4.39 Å². The number of rotatable bonds is 1. The Kier molecular flexibility index (Phi) is 2.11. The van der Waals surface area contributed by atoms with Crippen molar-refractivity contribution in [2.75, 3.05) is 0 Å². The van der Waals surface area contributed by atoms with Crippen molar-refractivity contribution in [2.24, 2.45) is 0 Å². The van der Waals surface area contributed by atoms with Crippen LogP contribution in [0.2, 0.25) is 0 Å². The van der Waals surface area contributed by atoms with Gasteiger partial charge in [0, 0.05) is 5.56 Å². The topological polar surface area (TPSA) is 54.5 Å². The maximum atomic E-state index is 13.2. The summed E-state index contributed by atoms with van der Waals surface area (Å²) < 4.78 is 13.2. The maximum absolute atomic E-state index is 13.2. The molecule has 0 aliphatic heterocycles. The molecule has 1 N–H and O–H groups in total. The molecule has 3 rings (SSSR count). The summed E-state index contributed by atoms with van der Waals surface area (Å²) in [6.45, 7) is 1.91. The van der Waals surface area contributed by atoms with Crippen LogP contribution in [0, 0.1) is 12.7 Å². The molecule has 0 unspecified atom stereocenters. The fourth-order valence-corrected chi connectivity index (χ4v) is 1.74. The lowest BCUT2D eigenvalue weighted by atomic mass is 10.1. The molecule has 0 aliphatic rings. The predicted octanol–water partition coefficient (Wildman–Crippen LogP) is 2.47. The van der Waals surface area contributed by atoms with Crippen LogP contribution < -0.4 is 0 Å². The van der Waals surface area contributed by atoms with Gasteiger partial charge >= 0.3 is 0 Å². The Balaban J connectivity index is 2.23. The number of fused-ring (bicyclic) bond motifs is 1. The van der Waals surface area contributed by atoms with E-state index in [0.29, 0.717) is 11.5 Å². The van der Waals surface area contributed by atoms with E-state index in [9.17, 15) is 4.39 Å². The van der Waals surface area contributed by atoms with E-state index in [4.69, 9.17) is 0 Å². The van der Waals surface area contributed by atoms with E-state index in [1.807, 2.05) is 6.92 Å². The number of H-pyrrole nitrogens is 1. The minimum atomic E-state index is -0.280. The lowest BCUT2D eigenvalue weighted by molar-refractivity contribution is 0.628. The second-order valence-electron chi connectivity index (χ2n) is 3.80. The van der Waals surface area contributed by atoms with Gasteiger partial charge in [-0.2, -0.15) is 0 Å². The molecule has 1 aromatic carbocycles. The molecule has 0 fully saturated rings. The molecule has 3 aromatic rings. The van der Waals surface area contributed by atoms with Gasteiger partial charge in [-0.05, 0) is 24.6 Å². The van der Waals surface area contributed by atoms with Gasteiger partial charge in [0.1, 0.15) is 23.5 Å². The Hall–Kier alpha value is -2.30. The summed E-state index contributed by atoms with van der Waals surface area (Å²) in [7, 11) is 0. The molecule has 0 atom stereocenters. The highest BCUT2D eigenvalue weighted by molar-refractivity contribution is 5.75. The van der Waals surface area contributed by atoms with Crippen molar-refractivity contribution >= 4 is 11.2 Å². The van der Waals surface area contributed by atoms with Gasteiger partial charge in [-0.15, -0.1) is 0 Å². The molecule has 0 amide bonds. The Morgan fingerprint density at radius 1 is 1.29 bits per heavy atom. The molecule has 84 valence electrons. The summed E-state index contributed by atoms with van der Waals surface area (Å²) in [6.07, 6.45) is 3.08. The number of benzene rings is 1. The van der Waals surface area contributed by atoms with Crippen LogP contribution in [0.25, 0.3) is 22.6 Å². The average molecular weight is 228 g/mol. The number of hydrogen-bond acceptors (Lipinski definition) is 3. The number of nitrogens with one attached hydrogen (secondary N) is 1. The van der Waals surface area contributed by atoms with Gasteiger partial charge in [0.25, 0.3) is 0 Å². The minimum Gasteiger partial charge on any atom is -0.335 e. The highest BCUT2D eigenvalue weighted by Gasteiger charge is 2.09. The number of nitrogens with zero attached hydrogens (tertiary/aromatic N) is 3. The van der Waals surface area contributed by atoms with E-state index in [1.165, 1.54) is 18.5 Å². The maximum Gasteiger partial charge on any atom is 0.181 e. The molecule has 4 nitrogen and oxygen atoms in total. The Morgan fingerprint density at radius 2 is 2.18 bits per heavy atom. The molecule has 0 radical (unpaired) electrons. The van der Waals surface area contributed by atoms with Crippen molar-refractivity contribution in [1.29, 1.82) is 0 Å². The van der Waals surface area contributed by atoms with Gasteiger partial charge in [0.2, 0.25) is 0 Å². The molecule has 0 saturated carbocycles. The van der Waals surface area contributed by atoms with E-state index < -0.39 is 0 Å². The summed E-state index contributed by atoms with van der Waals surface area (Å²) in [4.78, 5) is 15.3. The van der Waals surface area contributed by atoms with Gasteiger partial charge in [0.15, 0.2) is 5.65 Å². The van der Waals surface area contributed by atoms with Crippen LogP contribution in [0.1, 0.15) is 5.56 Å². The number of aromatic nitrogens is 4. The lowest BCUT2D eigenvalue weighted by Gasteiger charge is -2.01. The number of hydrogen-bond donors (Lipinski definition) is 1. The van der Waals surface area contributed by atoms with Crippen LogP contribution in [0.3, 0.4) is 0 Å². The van der Waals surface area contributed by atoms with Crippen LogP contribution in [0.5, 0.6) is 0 Å². The molecular formula is C12H9FN4. The zero-order valence-corrected chi connectivity index (χ0v) is 9.11. The van der Waals surface area contributed by atoms with Crippen molar-refractivity contribution in [3.63, 3.8) is 0 Å². The molecular weight excluding hydrogens is 219 g/mol. The number of aromatic amines is 1. The Morgan fingerprint density at radius 3 is 3.00 bits per heavy atom. The van der Waals surface area contributed by atoms with Crippen LogP contribution in [-0.4, -0.2) is 19.9 Å². The second kappa shape index (κ2) is 3.62. The van der Waals surface area contributed by atoms with Crippen molar-refractivity contribution in [1.82, 2.24) is 19.9 Å². The van der Waals surface area contributed by atoms with Crippen LogP contribution in [-0.2, 0) is 0 Å². The van der Waals surface area contributed by atoms with Crippen molar-refractivity contribution in [2.45, 2.75) is 6.92 Å². The average Bonchev–Trinajstić information content (AvgIpc) is 2.75. The van der Waals surface area contributed by atoms with Crippen LogP contribution in [0.15, 0.2) is 30.7 Å². The van der Waals surface area contributed by atoms with E-state index in [-0.39, 0.29) is 5.82 Å². The third-order valence-electron chi connectivity index (χ3n) is 2.62. The molecule has 0 saturated heterocycles. The van der Waals surface area contributed by atoms with Gasteiger partial charge in [-0.1, -0.05) is 6.07 Å². The van der Waals surface area contributed by atoms with E-state index >= 15 is 0 Å². The highest BCUT2D eigenvalue weighted by atomic mass is 19.1. The molecule has 17 heavy (non-hydrogen) atoms. The van der Waals surface area contributed by atoms with Crippen molar-refractivity contribution in [3.8, 4) is 11.4 Å². The zero-order chi connectivity index (χ0) is 11.8. The largest absolute Gasteiger partial charge is 0.335 e. The van der Waals surface area contributed by atoms with E-state index in [2.05, 4.69) is 19.9 Å².